The van der Waals surface area contributed by atoms with E-state index in [1.807, 2.05) is 32.9 Å². The second-order valence-electron chi connectivity index (χ2n) is 13.4. The van der Waals surface area contributed by atoms with Crippen LogP contribution < -0.4 is 21.3 Å². The highest BCUT2D eigenvalue weighted by atomic mass is 32.2. The fourth-order valence-corrected chi connectivity index (χ4v) is 8.67. The first-order valence-electron chi connectivity index (χ1n) is 18.0. The number of imidazole rings is 1. The number of hydrogen-bond acceptors (Lipinski definition) is 10. The van der Waals surface area contributed by atoms with Crippen LogP contribution in [0.2, 0.25) is 0 Å². The number of H-pyrrole nitrogens is 1. The minimum Gasteiger partial charge on any atom is -0.326 e. The number of sulfonamides is 1. The van der Waals surface area contributed by atoms with Gasteiger partial charge in [-0.2, -0.15) is 4.98 Å². The Bertz CT molecular complexity index is 2620. The van der Waals surface area contributed by atoms with Crippen molar-refractivity contribution >= 4 is 50.3 Å². The molecule has 2 aromatic carbocycles. The number of anilines is 1. The summed E-state index contributed by atoms with van der Waals surface area (Å²) in [4.78, 5) is 54.9. The minimum absolute atomic E-state index is 0.0532. The molecule has 3 N–H and O–H groups in total. The lowest BCUT2D eigenvalue weighted by Crippen LogP contribution is -2.31. The number of rotatable bonds is 13. The zero-order chi connectivity index (χ0) is 38.1. The van der Waals surface area contributed by atoms with E-state index in [0.717, 1.165) is 47.3 Å². The van der Waals surface area contributed by atoms with Crippen molar-refractivity contribution in [3.63, 3.8) is 0 Å². The molecule has 0 saturated carbocycles. The highest BCUT2D eigenvalue weighted by molar-refractivity contribution is 7.98. The van der Waals surface area contributed by atoms with Gasteiger partial charge in [-0.05, 0) is 86.9 Å². The fraction of sp³-hybridized carbons (Fsp3) is 0.378. The number of nitrogens with one attached hydrogen (secondary N) is 3. The number of unbranched alkanes of at least 4 members (excludes halogenated alkanes) is 1. The molecular weight excluding hydrogens is 729 g/mol. The van der Waals surface area contributed by atoms with Crippen molar-refractivity contribution in [3.8, 4) is 0 Å². The summed E-state index contributed by atoms with van der Waals surface area (Å²) in [5.41, 5.74) is 5.55. The first kappa shape index (κ1) is 37.2. The van der Waals surface area contributed by atoms with E-state index in [0.29, 0.717) is 59.5 Å². The molecule has 5 heterocycles. The normalized spacial score (nSPS) is 13.4. The first-order valence-corrected chi connectivity index (χ1v) is 20.5. The van der Waals surface area contributed by atoms with Crippen LogP contribution in [-0.4, -0.2) is 53.0 Å². The number of thioether (sulfide) groups is 1. The van der Waals surface area contributed by atoms with Gasteiger partial charge in [0.1, 0.15) is 5.82 Å². The number of aromatic amines is 1. The summed E-state index contributed by atoms with van der Waals surface area (Å²) in [5.74, 6) is 1.42. The van der Waals surface area contributed by atoms with Crippen molar-refractivity contribution in [2.75, 3.05) is 5.32 Å². The van der Waals surface area contributed by atoms with Crippen molar-refractivity contribution in [1.82, 2.24) is 43.4 Å². The smallest absolute Gasteiger partial charge is 0.326 e. The predicted molar refractivity (Wildman–Crippen MR) is 206 cm³/mol. The third-order valence-electron chi connectivity index (χ3n) is 9.76. The highest BCUT2D eigenvalue weighted by Gasteiger charge is 2.21. The Morgan fingerprint density at radius 1 is 0.944 bits per heavy atom. The maximum atomic E-state index is 13.2. The predicted octanol–water partition coefficient (Wildman–Crippen LogP) is 4.40. The Labute approximate surface area is 315 Å². The summed E-state index contributed by atoms with van der Waals surface area (Å²) in [7, 11) is -3.82. The number of carbonyl (C=O) groups is 1. The summed E-state index contributed by atoms with van der Waals surface area (Å²) >= 11 is 1.39. The van der Waals surface area contributed by atoms with Gasteiger partial charge in [-0.15, -0.1) is 5.10 Å². The van der Waals surface area contributed by atoms with Gasteiger partial charge in [-0.3, -0.25) is 19.1 Å². The summed E-state index contributed by atoms with van der Waals surface area (Å²) in [6.07, 6.45) is 4.75. The van der Waals surface area contributed by atoms with Gasteiger partial charge in [0.15, 0.2) is 11.2 Å². The van der Waals surface area contributed by atoms with Crippen LogP contribution in [-0.2, 0) is 53.0 Å². The van der Waals surface area contributed by atoms with Gasteiger partial charge in [0.05, 0.1) is 17.2 Å². The van der Waals surface area contributed by atoms with Crippen LogP contribution in [0, 0.1) is 13.8 Å². The number of hydrogen-bond donors (Lipinski definition) is 3. The van der Waals surface area contributed by atoms with Crippen LogP contribution in [0.4, 0.5) is 5.69 Å². The van der Waals surface area contributed by atoms with E-state index in [-0.39, 0.29) is 29.5 Å². The number of fused-ring (bicyclic) bond motifs is 3. The van der Waals surface area contributed by atoms with E-state index in [1.165, 1.54) is 28.0 Å². The van der Waals surface area contributed by atoms with E-state index < -0.39 is 21.3 Å². The van der Waals surface area contributed by atoms with Crippen molar-refractivity contribution in [2.24, 2.45) is 0 Å². The van der Waals surface area contributed by atoms with Crippen molar-refractivity contribution in [3.05, 3.63) is 103 Å². The average Bonchev–Trinajstić information content (AvgIpc) is 3.68. The van der Waals surface area contributed by atoms with Gasteiger partial charge in [-0.1, -0.05) is 49.4 Å². The van der Waals surface area contributed by atoms with Crippen molar-refractivity contribution < 1.29 is 13.2 Å². The Morgan fingerprint density at radius 2 is 1.72 bits per heavy atom. The number of amides is 1. The molecule has 1 aliphatic heterocycles. The third-order valence-corrected chi connectivity index (χ3v) is 12.0. The first-order chi connectivity index (χ1) is 25.9. The quantitative estimate of drug-likeness (QED) is 0.142. The third kappa shape index (κ3) is 7.47. The summed E-state index contributed by atoms with van der Waals surface area (Å²) < 4.78 is 34.0. The van der Waals surface area contributed by atoms with E-state index >= 15 is 0 Å². The molecule has 15 nitrogen and oxygen atoms in total. The monoisotopic (exact) mass is 770 g/mol. The molecule has 0 atom stereocenters. The molecule has 0 radical (unpaired) electrons. The van der Waals surface area contributed by atoms with Crippen molar-refractivity contribution in [1.29, 1.82) is 0 Å². The number of aromatic nitrogens is 8. The molecule has 282 valence electrons. The summed E-state index contributed by atoms with van der Waals surface area (Å²) in [6.45, 7) is 8.76. The second-order valence-corrected chi connectivity index (χ2v) is 16.1. The molecule has 0 aliphatic carbocycles. The summed E-state index contributed by atoms with van der Waals surface area (Å²) in [5, 5.41) is 8.08. The van der Waals surface area contributed by atoms with Gasteiger partial charge in [0.2, 0.25) is 21.1 Å². The van der Waals surface area contributed by atoms with Gasteiger partial charge < -0.3 is 9.88 Å². The molecule has 6 aromatic rings. The van der Waals surface area contributed by atoms with Crippen LogP contribution in [0.15, 0.2) is 62.1 Å². The Morgan fingerprint density at radius 3 is 2.48 bits per heavy atom. The molecule has 54 heavy (non-hydrogen) atoms. The lowest BCUT2D eigenvalue weighted by molar-refractivity contribution is -0.116. The topological polar surface area (TPSA) is 191 Å². The largest absolute Gasteiger partial charge is 0.330 e. The van der Waals surface area contributed by atoms with Crippen LogP contribution in [0.25, 0.3) is 16.9 Å². The fourth-order valence-electron chi connectivity index (χ4n) is 6.84. The molecule has 0 saturated heterocycles. The highest BCUT2D eigenvalue weighted by Crippen LogP contribution is 2.26. The molecule has 0 bridgehead atoms. The Hall–Kier alpha value is -5.13. The van der Waals surface area contributed by atoms with Crippen LogP contribution in [0.3, 0.4) is 0 Å². The molecule has 0 unspecified atom stereocenters. The van der Waals surface area contributed by atoms with Crippen LogP contribution >= 0.6 is 11.8 Å². The van der Waals surface area contributed by atoms with E-state index in [1.54, 1.807) is 33.3 Å². The molecule has 17 heteroatoms. The lowest BCUT2D eigenvalue weighted by Gasteiger charge is -2.12. The molecular formula is C37H42N10O5S2. The molecule has 7 rings (SSSR count). The number of aryl methyl sites for hydroxylation is 4. The number of carbonyl (C=O) groups excluding carboxylic acids is 1. The zero-order valence-electron chi connectivity index (χ0n) is 30.6. The van der Waals surface area contributed by atoms with Gasteiger partial charge in [-0.25, -0.2) is 32.4 Å². The Kier molecular flexibility index (Phi) is 10.5. The maximum Gasteiger partial charge on any atom is 0.330 e. The maximum absolute atomic E-state index is 13.2. The van der Waals surface area contributed by atoms with Gasteiger partial charge >= 0.3 is 5.69 Å². The summed E-state index contributed by atoms with van der Waals surface area (Å²) in [6, 6.07) is 11.9. The lowest BCUT2D eigenvalue weighted by atomic mass is 10.1. The standard InChI is InChI=1S/C37H42N10O5S2/c1-5-7-10-28-22(3)39-35-43-36(44-47(35)23(28)4)53-21-30-41-33-32(45(30)6-2)34(49)42-37(50)46(33)20-25-14-12-24(13-15-25)19-38-54(51,52)27-16-17-29-26(18-27)9-8-11-31(48)40-29/h12-18,38H,5-11,19-21H2,1-4H3,(H,40,48)(H,42,49,50). The van der Waals surface area contributed by atoms with Crippen LogP contribution in [0.5, 0.6) is 0 Å². The van der Waals surface area contributed by atoms with E-state index in [9.17, 15) is 22.8 Å². The second kappa shape index (κ2) is 15.3. The number of nitrogens with zero attached hydrogens (tertiary/aromatic N) is 7. The molecule has 4 aromatic heterocycles. The van der Waals surface area contributed by atoms with Gasteiger partial charge in [0.25, 0.3) is 11.3 Å². The molecule has 1 aliphatic rings. The molecule has 0 spiro atoms. The van der Waals surface area contributed by atoms with Gasteiger partial charge in [0, 0.05) is 36.6 Å². The SMILES string of the molecule is CCCCc1c(C)nc2nc(SCc3nc4c(c(=O)[nH]c(=O)n4Cc4ccc(CNS(=O)(=O)c5ccc6c(c5)CCCC(=O)N6)cc4)n3CC)nn2c1C. The molecule has 0 fully saturated rings. The van der Waals surface area contributed by atoms with Crippen LogP contribution in [0.1, 0.15) is 79.0 Å². The van der Waals surface area contributed by atoms with E-state index in [4.69, 9.17) is 15.1 Å². The minimum atomic E-state index is -3.82. The average molecular weight is 771 g/mol. The Balaban J connectivity index is 1.07. The number of benzene rings is 2. The van der Waals surface area contributed by atoms with Crippen molar-refractivity contribution in [2.45, 2.75) is 102 Å². The molecule has 1 amide bonds. The zero-order valence-corrected chi connectivity index (χ0v) is 32.2. The van der Waals surface area contributed by atoms with E-state index in [2.05, 4.69) is 26.9 Å².